The third-order valence-corrected chi connectivity index (χ3v) is 4.30. The van der Waals surface area contributed by atoms with Crippen molar-refractivity contribution in [3.8, 4) is 5.69 Å². The van der Waals surface area contributed by atoms with Crippen molar-refractivity contribution in [2.75, 3.05) is 5.32 Å². The largest absolute Gasteiger partial charge is 0.326 e. The molecule has 0 radical (unpaired) electrons. The van der Waals surface area contributed by atoms with Gasteiger partial charge in [-0.15, -0.1) is 17.5 Å². The van der Waals surface area contributed by atoms with Crippen LogP contribution < -0.4 is 11.1 Å². The second-order valence-electron chi connectivity index (χ2n) is 6.10. The third-order valence-electron chi connectivity index (χ3n) is 4.30. The summed E-state index contributed by atoms with van der Waals surface area (Å²) < 4.78 is 1.54. The Labute approximate surface area is 141 Å². The Morgan fingerprint density at radius 1 is 1.43 bits per heavy atom. The molecule has 1 heterocycles. The van der Waals surface area contributed by atoms with Gasteiger partial charge in [-0.1, -0.05) is 18.9 Å². The van der Waals surface area contributed by atoms with Gasteiger partial charge in [-0.25, -0.2) is 4.68 Å². The van der Waals surface area contributed by atoms with Crippen molar-refractivity contribution in [2.24, 2.45) is 11.7 Å². The number of benzene rings is 1. The number of carbonyl (C=O) groups excluding carboxylic acids is 1. The maximum Gasteiger partial charge on any atom is 0.229 e. The zero-order valence-electron chi connectivity index (χ0n) is 13.0. The van der Waals surface area contributed by atoms with Crippen LogP contribution >= 0.6 is 12.4 Å². The van der Waals surface area contributed by atoms with Gasteiger partial charge >= 0.3 is 0 Å². The predicted octanol–water partition coefficient (Wildman–Crippen LogP) is 1.93. The number of anilines is 1. The maximum absolute atomic E-state index is 12.5. The van der Waals surface area contributed by atoms with Crippen molar-refractivity contribution in [3.05, 3.63) is 30.6 Å². The van der Waals surface area contributed by atoms with E-state index in [2.05, 4.69) is 20.8 Å². The first kappa shape index (κ1) is 17.4. The van der Waals surface area contributed by atoms with E-state index in [1.807, 2.05) is 31.2 Å². The van der Waals surface area contributed by atoms with Gasteiger partial charge < -0.3 is 11.1 Å². The maximum atomic E-state index is 12.5. The van der Waals surface area contributed by atoms with Crippen molar-refractivity contribution in [1.82, 2.24) is 20.2 Å². The number of amides is 1. The first-order valence-electron chi connectivity index (χ1n) is 7.49. The fourth-order valence-electron chi connectivity index (χ4n) is 3.02. The number of hydrogen-bond acceptors (Lipinski definition) is 5. The number of hydrogen-bond donors (Lipinski definition) is 2. The molecule has 7 nitrogen and oxygen atoms in total. The normalized spacial score (nSPS) is 23.8. The highest BCUT2D eigenvalue weighted by molar-refractivity contribution is 5.93. The highest BCUT2D eigenvalue weighted by atomic mass is 35.5. The van der Waals surface area contributed by atoms with Crippen molar-refractivity contribution in [3.63, 3.8) is 0 Å². The average molecular weight is 337 g/mol. The van der Waals surface area contributed by atoms with E-state index < -0.39 is 5.54 Å². The molecule has 23 heavy (non-hydrogen) atoms. The molecule has 1 aromatic heterocycles. The van der Waals surface area contributed by atoms with Gasteiger partial charge in [0.05, 0.1) is 11.6 Å². The lowest BCUT2D eigenvalue weighted by molar-refractivity contribution is -0.122. The predicted molar refractivity (Wildman–Crippen MR) is 89.6 cm³/mol. The lowest BCUT2D eigenvalue weighted by atomic mass is 9.74. The Morgan fingerprint density at radius 3 is 2.96 bits per heavy atom. The zero-order chi connectivity index (χ0) is 15.6. The molecule has 1 aliphatic carbocycles. The van der Waals surface area contributed by atoms with Crippen LogP contribution in [0.25, 0.3) is 5.69 Å². The van der Waals surface area contributed by atoms with Crippen LogP contribution in [0.4, 0.5) is 5.69 Å². The zero-order valence-corrected chi connectivity index (χ0v) is 13.8. The number of nitrogens with zero attached hydrogens (tertiary/aromatic N) is 4. The first-order valence-corrected chi connectivity index (χ1v) is 7.49. The second-order valence-corrected chi connectivity index (χ2v) is 6.10. The van der Waals surface area contributed by atoms with Gasteiger partial charge in [0.2, 0.25) is 5.91 Å². The van der Waals surface area contributed by atoms with Crippen LogP contribution in [0, 0.1) is 5.92 Å². The van der Waals surface area contributed by atoms with E-state index in [0.29, 0.717) is 0 Å². The lowest BCUT2D eigenvalue weighted by Gasteiger charge is -2.37. The van der Waals surface area contributed by atoms with E-state index in [4.69, 9.17) is 5.73 Å². The number of tetrazole rings is 1. The fraction of sp³-hybridized carbons (Fsp3) is 0.467. The molecule has 0 bridgehead atoms. The van der Waals surface area contributed by atoms with Crippen molar-refractivity contribution in [1.29, 1.82) is 0 Å². The van der Waals surface area contributed by atoms with Gasteiger partial charge in [-0.2, -0.15) is 0 Å². The van der Waals surface area contributed by atoms with E-state index >= 15 is 0 Å². The van der Waals surface area contributed by atoms with E-state index in [9.17, 15) is 4.79 Å². The van der Waals surface area contributed by atoms with Crippen LogP contribution in [0.2, 0.25) is 0 Å². The number of nitrogens with two attached hydrogens (primary N) is 1. The number of halogens is 1. The van der Waals surface area contributed by atoms with Gasteiger partial charge in [-0.3, -0.25) is 4.79 Å². The van der Waals surface area contributed by atoms with Crippen LogP contribution in [0.5, 0.6) is 0 Å². The molecular formula is C15H21ClN6O. The van der Waals surface area contributed by atoms with Gasteiger partial charge in [-0.05, 0) is 48.4 Å². The molecule has 2 unspecified atom stereocenters. The van der Waals surface area contributed by atoms with Crippen molar-refractivity contribution in [2.45, 2.75) is 38.1 Å². The molecule has 0 saturated heterocycles. The summed E-state index contributed by atoms with van der Waals surface area (Å²) in [4.78, 5) is 12.5. The number of nitrogens with one attached hydrogen (secondary N) is 1. The molecule has 8 heteroatoms. The van der Waals surface area contributed by atoms with E-state index in [0.717, 1.165) is 37.1 Å². The molecule has 3 rings (SSSR count). The fourth-order valence-corrected chi connectivity index (χ4v) is 3.02. The summed E-state index contributed by atoms with van der Waals surface area (Å²) in [5.74, 6) is -0.170. The Hall–Kier alpha value is -1.99. The van der Waals surface area contributed by atoms with Crippen LogP contribution in [-0.4, -0.2) is 31.7 Å². The number of aromatic nitrogens is 4. The van der Waals surface area contributed by atoms with Crippen LogP contribution in [0.3, 0.4) is 0 Å². The molecule has 1 aromatic carbocycles. The molecule has 1 aliphatic rings. The molecule has 0 aliphatic heterocycles. The molecule has 3 N–H and O–H groups in total. The molecule has 124 valence electrons. The van der Waals surface area contributed by atoms with E-state index in [-0.39, 0.29) is 24.2 Å². The minimum absolute atomic E-state index is 0. The SMILES string of the molecule is CC1(N)CCCCC1C(=O)Nc1cccc(-n2cnnn2)c1.Cl. The highest BCUT2D eigenvalue weighted by Gasteiger charge is 2.37. The molecule has 2 atom stereocenters. The first-order chi connectivity index (χ1) is 10.6. The summed E-state index contributed by atoms with van der Waals surface area (Å²) in [5.41, 5.74) is 7.37. The van der Waals surface area contributed by atoms with Crippen molar-refractivity contribution >= 4 is 24.0 Å². The topological polar surface area (TPSA) is 98.7 Å². The summed E-state index contributed by atoms with van der Waals surface area (Å²) >= 11 is 0. The molecular weight excluding hydrogens is 316 g/mol. The quantitative estimate of drug-likeness (QED) is 0.892. The lowest BCUT2D eigenvalue weighted by Crippen LogP contribution is -2.51. The molecule has 1 fully saturated rings. The van der Waals surface area contributed by atoms with Crippen LogP contribution in [0.15, 0.2) is 30.6 Å². The minimum Gasteiger partial charge on any atom is -0.326 e. The minimum atomic E-state index is -0.435. The summed E-state index contributed by atoms with van der Waals surface area (Å²) in [6, 6.07) is 7.42. The summed E-state index contributed by atoms with van der Waals surface area (Å²) in [7, 11) is 0. The van der Waals surface area contributed by atoms with Crippen molar-refractivity contribution < 1.29 is 4.79 Å². The highest BCUT2D eigenvalue weighted by Crippen LogP contribution is 2.32. The molecule has 2 aromatic rings. The summed E-state index contributed by atoms with van der Waals surface area (Å²) in [6.45, 7) is 1.97. The van der Waals surface area contributed by atoms with Gasteiger partial charge in [0.25, 0.3) is 0 Å². The molecule has 1 amide bonds. The summed E-state index contributed by atoms with van der Waals surface area (Å²) in [6.07, 6.45) is 5.38. The second kappa shape index (κ2) is 7.06. The smallest absolute Gasteiger partial charge is 0.229 e. The monoisotopic (exact) mass is 336 g/mol. The number of rotatable bonds is 3. The average Bonchev–Trinajstić information content (AvgIpc) is 3.01. The Kier molecular flexibility index (Phi) is 5.33. The Bertz CT molecular complexity index is 658. The molecule has 0 spiro atoms. The standard InChI is InChI=1S/C15H20N6O.ClH/c1-15(16)8-3-2-7-13(15)14(22)18-11-5-4-6-12(9-11)21-10-17-19-20-21;/h4-6,9-10,13H,2-3,7-8,16H2,1H3,(H,18,22);1H. The third kappa shape index (κ3) is 3.86. The van der Waals surface area contributed by atoms with E-state index in [1.165, 1.54) is 6.33 Å². The number of carbonyl (C=O) groups is 1. The Morgan fingerprint density at radius 2 is 2.26 bits per heavy atom. The summed E-state index contributed by atoms with van der Waals surface area (Å²) in [5, 5.41) is 14.0. The van der Waals surface area contributed by atoms with Gasteiger partial charge in [0, 0.05) is 11.2 Å². The molecule has 1 saturated carbocycles. The van der Waals surface area contributed by atoms with E-state index in [1.54, 1.807) is 4.68 Å². The van der Waals surface area contributed by atoms with Crippen LogP contribution in [-0.2, 0) is 4.79 Å². The van der Waals surface area contributed by atoms with Crippen LogP contribution in [0.1, 0.15) is 32.6 Å². The Balaban J connectivity index is 0.00000192. The van der Waals surface area contributed by atoms with Gasteiger partial charge in [0.1, 0.15) is 6.33 Å². The van der Waals surface area contributed by atoms with Gasteiger partial charge in [0.15, 0.2) is 0 Å².